The summed E-state index contributed by atoms with van der Waals surface area (Å²) in [4.78, 5) is 15.0. The van der Waals surface area contributed by atoms with E-state index < -0.39 is 0 Å². The van der Waals surface area contributed by atoms with E-state index in [4.69, 9.17) is 0 Å². The average Bonchev–Trinajstić information content (AvgIpc) is 3.18. The Morgan fingerprint density at radius 3 is 2.73 bits per heavy atom. The molecular weight excluding hydrogens is 326 g/mol. The topological polar surface area (TPSA) is 66.8 Å². The Bertz CT molecular complexity index is 998. The maximum atomic E-state index is 13.1. The Balaban J connectivity index is 1.68. The lowest BCUT2D eigenvalue weighted by Gasteiger charge is -2.29. The van der Waals surface area contributed by atoms with Gasteiger partial charge in [0.05, 0.1) is 11.4 Å². The van der Waals surface area contributed by atoms with Gasteiger partial charge in [0.25, 0.3) is 5.91 Å². The molecule has 1 N–H and O–H groups in total. The minimum absolute atomic E-state index is 0.0345. The van der Waals surface area contributed by atoms with Crippen molar-refractivity contribution in [1.82, 2.24) is 20.0 Å². The number of carbonyl (C=O) groups excluding carboxylic acids is 1. The molecular formula is C20H23N5O. The van der Waals surface area contributed by atoms with Crippen LogP contribution in [0.25, 0.3) is 11.3 Å². The lowest BCUT2D eigenvalue weighted by atomic mass is 9.99. The van der Waals surface area contributed by atoms with Crippen LogP contribution in [0.2, 0.25) is 0 Å². The standard InChI is InChI=1S/C20H23N5O/c1-12-7-8-18-15(10-12)6-5-9-25(18)20(26)17-11-16(21-22-17)19-13(2)23-24(4)14(19)3/h7-8,10-11H,5-6,9H2,1-4H3,(H,21,22). The van der Waals surface area contributed by atoms with Gasteiger partial charge in [-0.2, -0.15) is 10.2 Å². The van der Waals surface area contributed by atoms with Gasteiger partial charge >= 0.3 is 0 Å². The van der Waals surface area contributed by atoms with Crippen molar-refractivity contribution in [1.29, 1.82) is 0 Å². The number of nitrogens with zero attached hydrogens (tertiary/aromatic N) is 4. The lowest BCUT2D eigenvalue weighted by molar-refractivity contribution is 0.0980. The zero-order valence-corrected chi connectivity index (χ0v) is 15.6. The number of fused-ring (bicyclic) bond motifs is 1. The fourth-order valence-electron chi connectivity index (χ4n) is 3.79. The van der Waals surface area contributed by atoms with E-state index in [1.807, 2.05) is 36.5 Å². The monoisotopic (exact) mass is 349 g/mol. The summed E-state index contributed by atoms with van der Waals surface area (Å²) in [5.74, 6) is -0.0345. The van der Waals surface area contributed by atoms with Crippen molar-refractivity contribution in [3.05, 3.63) is 52.5 Å². The molecule has 1 aliphatic heterocycles. The summed E-state index contributed by atoms with van der Waals surface area (Å²) < 4.78 is 1.84. The molecule has 0 fully saturated rings. The third-order valence-electron chi connectivity index (χ3n) is 5.17. The van der Waals surface area contributed by atoms with E-state index in [1.165, 1.54) is 11.1 Å². The second kappa shape index (κ2) is 6.12. The maximum Gasteiger partial charge on any atom is 0.276 e. The van der Waals surface area contributed by atoms with Gasteiger partial charge in [-0.1, -0.05) is 17.7 Å². The van der Waals surface area contributed by atoms with Crippen molar-refractivity contribution in [2.45, 2.75) is 33.6 Å². The number of aromatic nitrogens is 4. The Morgan fingerprint density at radius 1 is 1.19 bits per heavy atom. The molecule has 1 amide bonds. The summed E-state index contributed by atoms with van der Waals surface area (Å²) in [6.07, 6.45) is 1.99. The number of amides is 1. The molecule has 3 heterocycles. The number of nitrogens with one attached hydrogen (secondary N) is 1. The quantitative estimate of drug-likeness (QED) is 0.772. The third-order valence-corrected chi connectivity index (χ3v) is 5.17. The van der Waals surface area contributed by atoms with Crippen molar-refractivity contribution >= 4 is 11.6 Å². The minimum Gasteiger partial charge on any atom is -0.307 e. The Morgan fingerprint density at radius 2 is 2.00 bits per heavy atom. The van der Waals surface area contributed by atoms with Gasteiger partial charge in [0.1, 0.15) is 5.69 Å². The van der Waals surface area contributed by atoms with Crippen LogP contribution < -0.4 is 4.90 Å². The zero-order valence-electron chi connectivity index (χ0n) is 15.6. The highest BCUT2D eigenvalue weighted by atomic mass is 16.2. The second-order valence-corrected chi connectivity index (χ2v) is 7.03. The molecule has 26 heavy (non-hydrogen) atoms. The highest BCUT2D eigenvalue weighted by Crippen LogP contribution is 2.30. The summed E-state index contributed by atoms with van der Waals surface area (Å²) in [5, 5.41) is 11.7. The van der Waals surface area contributed by atoms with Crippen molar-refractivity contribution < 1.29 is 4.79 Å². The van der Waals surface area contributed by atoms with Gasteiger partial charge in [0, 0.05) is 30.5 Å². The van der Waals surface area contributed by atoms with Crippen molar-refractivity contribution in [2.24, 2.45) is 7.05 Å². The van der Waals surface area contributed by atoms with Crippen LogP contribution in [0.4, 0.5) is 5.69 Å². The summed E-state index contributed by atoms with van der Waals surface area (Å²) in [6, 6.07) is 8.12. The molecule has 0 saturated heterocycles. The molecule has 2 aromatic heterocycles. The van der Waals surface area contributed by atoms with Crippen LogP contribution in [-0.4, -0.2) is 32.4 Å². The molecule has 4 rings (SSSR count). The van der Waals surface area contributed by atoms with E-state index in [-0.39, 0.29) is 5.91 Å². The van der Waals surface area contributed by atoms with E-state index in [0.29, 0.717) is 5.69 Å². The maximum absolute atomic E-state index is 13.1. The SMILES string of the molecule is Cc1ccc2c(c1)CCCN2C(=O)c1cc(-c2c(C)nn(C)c2C)n[nH]1. The lowest BCUT2D eigenvalue weighted by Crippen LogP contribution is -2.35. The molecule has 134 valence electrons. The van der Waals surface area contributed by atoms with Gasteiger partial charge in [0.15, 0.2) is 0 Å². The molecule has 0 atom stereocenters. The summed E-state index contributed by atoms with van der Waals surface area (Å²) in [5.41, 5.74) is 7.68. The minimum atomic E-state index is -0.0345. The molecule has 1 aliphatic rings. The van der Waals surface area contributed by atoms with Gasteiger partial charge in [-0.25, -0.2) is 0 Å². The van der Waals surface area contributed by atoms with Crippen LogP contribution in [0.1, 0.15) is 39.4 Å². The number of aryl methyl sites for hydroxylation is 4. The first-order valence-corrected chi connectivity index (χ1v) is 8.93. The van der Waals surface area contributed by atoms with Gasteiger partial charge in [-0.05, 0) is 51.3 Å². The fourth-order valence-corrected chi connectivity index (χ4v) is 3.79. The van der Waals surface area contributed by atoms with Crippen LogP contribution in [0.5, 0.6) is 0 Å². The number of aromatic amines is 1. The van der Waals surface area contributed by atoms with Gasteiger partial charge in [0.2, 0.25) is 0 Å². The largest absolute Gasteiger partial charge is 0.307 e. The number of hydrogen-bond donors (Lipinski definition) is 1. The van der Waals surface area contributed by atoms with Gasteiger partial charge < -0.3 is 4.90 Å². The molecule has 0 bridgehead atoms. The van der Waals surface area contributed by atoms with Crippen LogP contribution in [0.3, 0.4) is 0 Å². The van der Waals surface area contributed by atoms with E-state index in [1.54, 1.807) is 0 Å². The van der Waals surface area contributed by atoms with Gasteiger partial charge in [-0.15, -0.1) is 0 Å². The molecule has 0 aliphatic carbocycles. The van der Waals surface area contributed by atoms with E-state index >= 15 is 0 Å². The molecule has 0 radical (unpaired) electrons. The molecule has 1 aromatic carbocycles. The molecule has 0 unspecified atom stereocenters. The molecule has 6 heteroatoms. The van der Waals surface area contributed by atoms with E-state index in [0.717, 1.165) is 47.7 Å². The first kappa shape index (κ1) is 16.6. The smallest absolute Gasteiger partial charge is 0.276 e. The number of anilines is 1. The Hall–Kier alpha value is -2.89. The summed E-state index contributed by atoms with van der Waals surface area (Å²) in [6.45, 7) is 6.78. The number of carbonyl (C=O) groups is 1. The molecule has 0 saturated carbocycles. The number of benzene rings is 1. The average molecular weight is 349 g/mol. The molecule has 6 nitrogen and oxygen atoms in total. The van der Waals surface area contributed by atoms with Crippen LogP contribution in [-0.2, 0) is 13.5 Å². The fraction of sp³-hybridized carbons (Fsp3) is 0.350. The Labute approximate surface area is 152 Å². The van der Waals surface area contributed by atoms with Crippen molar-refractivity contribution in [3.63, 3.8) is 0 Å². The second-order valence-electron chi connectivity index (χ2n) is 7.03. The summed E-state index contributed by atoms with van der Waals surface area (Å²) >= 11 is 0. The first-order valence-electron chi connectivity index (χ1n) is 8.93. The van der Waals surface area contributed by atoms with Gasteiger partial charge in [-0.3, -0.25) is 14.6 Å². The van der Waals surface area contributed by atoms with Crippen molar-refractivity contribution in [3.8, 4) is 11.3 Å². The number of hydrogen-bond acceptors (Lipinski definition) is 3. The van der Waals surface area contributed by atoms with Crippen LogP contribution in [0, 0.1) is 20.8 Å². The normalized spacial score (nSPS) is 13.8. The highest BCUT2D eigenvalue weighted by Gasteiger charge is 2.26. The highest BCUT2D eigenvalue weighted by molar-refractivity contribution is 6.06. The molecule has 0 spiro atoms. The summed E-state index contributed by atoms with van der Waals surface area (Å²) in [7, 11) is 1.91. The number of H-pyrrole nitrogens is 1. The first-order chi connectivity index (χ1) is 12.5. The van der Waals surface area contributed by atoms with Crippen LogP contribution >= 0.6 is 0 Å². The third kappa shape index (κ3) is 2.62. The predicted molar refractivity (Wildman–Crippen MR) is 101 cm³/mol. The van der Waals surface area contributed by atoms with Crippen LogP contribution in [0.15, 0.2) is 24.3 Å². The zero-order chi connectivity index (χ0) is 18.4. The number of rotatable bonds is 2. The predicted octanol–water partition coefficient (Wildman–Crippen LogP) is 3.33. The van der Waals surface area contributed by atoms with E-state index in [9.17, 15) is 4.79 Å². The van der Waals surface area contributed by atoms with Crippen molar-refractivity contribution in [2.75, 3.05) is 11.4 Å². The van der Waals surface area contributed by atoms with E-state index in [2.05, 4.69) is 40.4 Å². The molecule has 3 aromatic rings. The Kier molecular flexibility index (Phi) is 3.90.